The van der Waals surface area contributed by atoms with Crippen molar-refractivity contribution in [1.82, 2.24) is 9.88 Å². The number of likely N-dealkylation sites (tertiary alicyclic amines) is 1. The Bertz CT molecular complexity index is 347. The van der Waals surface area contributed by atoms with E-state index in [1.54, 1.807) is 0 Å². The summed E-state index contributed by atoms with van der Waals surface area (Å²) in [5.74, 6) is 0.816. The Hall–Kier alpha value is -0.930. The maximum absolute atomic E-state index is 5.88. The van der Waals surface area contributed by atoms with Crippen molar-refractivity contribution >= 4 is 0 Å². The van der Waals surface area contributed by atoms with Gasteiger partial charge in [0.05, 0.1) is 0 Å². The predicted molar refractivity (Wildman–Crippen MR) is 70.6 cm³/mol. The number of nitrogens with two attached hydrogens (primary N) is 1. The molecule has 0 saturated carbocycles. The van der Waals surface area contributed by atoms with Gasteiger partial charge in [0.2, 0.25) is 0 Å². The highest BCUT2D eigenvalue weighted by Gasteiger charge is 2.24. The second-order valence-electron chi connectivity index (χ2n) is 5.30. The average molecular weight is 233 g/mol. The van der Waals surface area contributed by atoms with E-state index in [1.165, 1.54) is 18.4 Å². The van der Waals surface area contributed by atoms with Gasteiger partial charge in [0, 0.05) is 31.0 Å². The molecule has 0 radical (unpaired) electrons. The Labute approximate surface area is 104 Å². The maximum atomic E-state index is 5.88. The molecule has 2 heterocycles. The maximum Gasteiger partial charge on any atom is 0.0372 e. The van der Waals surface area contributed by atoms with Crippen molar-refractivity contribution in [3.63, 3.8) is 0 Å². The number of rotatable bonds is 3. The molecule has 0 bridgehead atoms. The lowest BCUT2D eigenvalue weighted by Crippen LogP contribution is -2.45. The molecule has 3 heteroatoms. The van der Waals surface area contributed by atoms with Crippen molar-refractivity contribution in [3.8, 4) is 0 Å². The van der Waals surface area contributed by atoms with Gasteiger partial charge in [-0.25, -0.2) is 0 Å². The summed E-state index contributed by atoms with van der Waals surface area (Å²) in [6, 6.07) is 4.80. The normalized spacial score (nSPS) is 26.1. The molecule has 0 aliphatic carbocycles. The van der Waals surface area contributed by atoms with Crippen molar-refractivity contribution in [2.45, 2.75) is 39.3 Å². The van der Waals surface area contributed by atoms with E-state index in [0.717, 1.165) is 31.2 Å². The van der Waals surface area contributed by atoms with Gasteiger partial charge in [0.15, 0.2) is 0 Å². The Balaban J connectivity index is 1.99. The SMILES string of the molecule is Cc1ccc(CN2CCC(C)CC2CN)cn1. The quantitative estimate of drug-likeness (QED) is 0.867. The minimum absolute atomic E-state index is 0.542. The summed E-state index contributed by atoms with van der Waals surface area (Å²) in [5.41, 5.74) is 8.25. The van der Waals surface area contributed by atoms with Gasteiger partial charge in [-0.2, -0.15) is 0 Å². The van der Waals surface area contributed by atoms with E-state index in [1.807, 2.05) is 13.1 Å². The largest absolute Gasteiger partial charge is 0.329 e. The topological polar surface area (TPSA) is 42.1 Å². The van der Waals surface area contributed by atoms with E-state index >= 15 is 0 Å². The molecule has 1 aliphatic rings. The standard InChI is InChI=1S/C14H23N3/c1-11-5-6-17(14(7-11)8-15)10-13-4-3-12(2)16-9-13/h3-4,9,11,14H,5-8,10,15H2,1-2H3. The molecule has 2 unspecified atom stereocenters. The Morgan fingerprint density at radius 2 is 2.29 bits per heavy atom. The molecule has 1 aromatic rings. The molecule has 17 heavy (non-hydrogen) atoms. The van der Waals surface area contributed by atoms with Crippen LogP contribution in [0.1, 0.15) is 31.0 Å². The van der Waals surface area contributed by atoms with Crippen LogP contribution in [0.25, 0.3) is 0 Å². The van der Waals surface area contributed by atoms with Gasteiger partial charge in [0.1, 0.15) is 0 Å². The monoisotopic (exact) mass is 233 g/mol. The fraction of sp³-hybridized carbons (Fsp3) is 0.643. The summed E-state index contributed by atoms with van der Waals surface area (Å²) in [6.07, 6.45) is 4.51. The molecule has 1 fully saturated rings. The van der Waals surface area contributed by atoms with E-state index in [9.17, 15) is 0 Å². The molecule has 0 amide bonds. The third kappa shape index (κ3) is 3.27. The van der Waals surface area contributed by atoms with Gasteiger partial charge in [0.25, 0.3) is 0 Å². The lowest BCUT2D eigenvalue weighted by atomic mass is 9.92. The zero-order chi connectivity index (χ0) is 12.3. The third-order valence-corrected chi connectivity index (χ3v) is 3.73. The number of piperidine rings is 1. The van der Waals surface area contributed by atoms with Gasteiger partial charge < -0.3 is 5.73 Å². The summed E-state index contributed by atoms with van der Waals surface area (Å²) >= 11 is 0. The van der Waals surface area contributed by atoms with Crippen molar-refractivity contribution in [2.24, 2.45) is 11.7 Å². The van der Waals surface area contributed by atoms with Crippen LogP contribution < -0.4 is 5.73 Å². The minimum Gasteiger partial charge on any atom is -0.329 e. The number of nitrogens with zero attached hydrogens (tertiary/aromatic N) is 2. The molecule has 1 aromatic heterocycles. The minimum atomic E-state index is 0.542. The van der Waals surface area contributed by atoms with Gasteiger partial charge >= 0.3 is 0 Å². The summed E-state index contributed by atoms with van der Waals surface area (Å²) in [4.78, 5) is 6.86. The molecule has 2 atom stereocenters. The van der Waals surface area contributed by atoms with Crippen molar-refractivity contribution < 1.29 is 0 Å². The van der Waals surface area contributed by atoms with E-state index in [4.69, 9.17) is 5.73 Å². The molecule has 3 nitrogen and oxygen atoms in total. The van der Waals surface area contributed by atoms with E-state index in [-0.39, 0.29) is 0 Å². The van der Waals surface area contributed by atoms with Gasteiger partial charge in [-0.15, -0.1) is 0 Å². The molecule has 2 N–H and O–H groups in total. The summed E-state index contributed by atoms with van der Waals surface area (Å²) in [7, 11) is 0. The zero-order valence-electron chi connectivity index (χ0n) is 10.9. The van der Waals surface area contributed by atoms with Crippen LogP contribution >= 0.6 is 0 Å². The molecule has 1 saturated heterocycles. The summed E-state index contributed by atoms with van der Waals surface area (Å²) < 4.78 is 0. The van der Waals surface area contributed by atoms with Gasteiger partial charge in [-0.1, -0.05) is 13.0 Å². The van der Waals surface area contributed by atoms with Crippen LogP contribution in [0.4, 0.5) is 0 Å². The van der Waals surface area contributed by atoms with E-state index < -0.39 is 0 Å². The predicted octanol–water partition coefficient (Wildman–Crippen LogP) is 1.95. The Morgan fingerprint density at radius 1 is 1.47 bits per heavy atom. The van der Waals surface area contributed by atoms with Crippen LogP contribution in [0.3, 0.4) is 0 Å². The lowest BCUT2D eigenvalue weighted by Gasteiger charge is -2.37. The van der Waals surface area contributed by atoms with Crippen LogP contribution in [0.2, 0.25) is 0 Å². The number of hydrogen-bond donors (Lipinski definition) is 1. The fourth-order valence-electron chi connectivity index (χ4n) is 2.58. The molecule has 0 aromatic carbocycles. The van der Waals surface area contributed by atoms with E-state index in [0.29, 0.717) is 6.04 Å². The highest BCUT2D eigenvalue weighted by atomic mass is 15.2. The first kappa shape index (κ1) is 12.5. The van der Waals surface area contributed by atoms with Crippen LogP contribution in [0, 0.1) is 12.8 Å². The van der Waals surface area contributed by atoms with Gasteiger partial charge in [-0.05, 0) is 43.9 Å². The molecule has 1 aliphatic heterocycles. The smallest absolute Gasteiger partial charge is 0.0372 e. The first-order valence-electron chi connectivity index (χ1n) is 6.54. The number of pyridine rings is 1. The molecule has 94 valence electrons. The van der Waals surface area contributed by atoms with Crippen LogP contribution in [-0.2, 0) is 6.54 Å². The molecular weight excluding hydrogens is 210 g/mol. The Morgan fingerprint density at radius 3 is 2.94 bits per heavy atom. The van der Waals surface area contributed by atoms with Crippen molar-refractivity contribution in [3.05, 3.63) is 29.6 Å². The highest BCUT2D eigenvalue weighted by molar-refractivity contribution is 5.13. The number of aryl methyl sites for hydroxylation is 1. The summed E-state index contributed by atoms with van der Waals surface area (Å²) in [6.45, 7) is 7.27. The van der Waals surface area contributed by atoms with Crippen molar-refractivity contribution in [1.29, 1.82) is 0 Å². The summed E-state index contributed by atoms with van der Waals surface area (Å²) in [5, 5.41) is 0. The fourth-order valence-corrected chi connectivity index (χ4v) is 2.58. The molecule has 2 rings (SSSR count). The van der Waals surface area contributed by atoms with Crippen LogP contribution in [0.15, 0.2) is 18.3 Å². The first-order valence-corrected chi connectivity index (χ1v) is 6.54. The van der Waals surface area contributed by atoms with Gasteiger partial charge in [-0.3, -0.25) is 9.88 Å². The Kier molecular flexibility index (Phi) is 4.13. The van der Waals surface area contributed by atoms with Crippen LogP contribution in [0.5, 0.6) is 0 Å². The lowest BCUT2D eigenvalue weighted by molar-refractivity contribution is 0.115. The van der Waals surface area contributed by atoms with E-state index in [2.05, 4.69) is 28.9 Å². The molecular formula is C14H23N3. The average Bonchev–Trinajstić information content (AvgIpc) is 2.34. The number of aromatic nitrogens is 1. The highest BCUT2D eigenvalue weighted by Crippen LogP contribution is 2.23. The third-order valence-electron chi connectivity index (χ3n) is 3.73. The van der Waals surface area contributed by atoms with Crippen molar-refractivity contribution in [2.75, 3.05) is 13.1 Å². The second kappa shape index (κ2) is 5.61. The van der Waals surface area contributed by atoms with Crippen LogP contribution in [-0.4, -0.2) is 29.0 Å². The number of hydrogen-bond acceptors (Lipinski definition) is 3. The first-order chi connectivity index (χ1) is 8.19. The second-order valence-corrected chi connectivity index (χ2v) is 5.30. The zero-order valence-corrected chi connectivity index (χ0v) is 10.9. The molecule has 0 spiro atoms.